The minimum absolute atomic E-state index is 0.183. The van der Waals surface area contributed by atoms with E-state index in [2.05, 4.69) is 40.3 Å². The van der Waals surface area contributed by atoms with Gasteiger partial charge in [-0.3, -0.25) is 9.98 Å². The highest BCUT2D eigenvalue weighted by molar-refractivity contribution is 5.88. The topological polar surface area (TPSA) is 88.5 Å². The van der Waals surface area contributed by atoms with Crippen molar-refractivity contribution in [2.45, 2.75) is 52.4 Å². The van der Waals surface area contributed by atoms with Crippen molar-refractivity contribution in [3.63, 3.8) is 0 Å². The number of aryl methyl sites for hydroxylation is 1. The highest BCUT2D eigenvalue weighted by atomic mass is 16.6. The maximum atomic E-state index is 12.8. The molecule has 0 bridgehead atoms. The van der Waals surface area contributed by atoms with Crippen LogP contribution in [0.15, 0.2) is 114 Å². The number of pyridine rings is 1. The zero-order chi connectivity index (χ0) is 33.6. The van der Waals surface area contributed by atoms with Crippen molar-refractivity contribution in [3.05, 3.63) is 143 Å². The van der Waals surface area contributed by atoms with Crippen LogP contribution in [0.5, 0.6) is 5.75 Å². The lowest BCUT2D eigenvalue weighted by molar-refractivity contribution is -0.145. The third-order valence-corrected chi connectivity index (χ3v) is 7.83. The Kier molecular flexibility index (Phi) is 12.8. The second-order valence-corrected chi connectivity index (χ2v) is 11.5. The monoisotopic (exact) mass is 646 g/mol. The zero-order valence-corrected chi connectivity index (χ0v) is 27.7. The number of ether oxygens (including phenoxy) is 5. The Hall–Kier alpha value is -4.89. The number of hydrogen-bond acceptors (Lipinski definition) is 8. The summed E-state index contributed by atoms with van der Waals surface area (Å²) in [6, 6.07) is 33.3. The Morgan fingerprint density at radius 2 is 1.44 bits per heavy atom. The van der Waals surface area contributed by atoms with Gasteiger partial charge in [0.25, 0.3) is 0 Å². The van der Waals surface area contributed by atoms with Crippen molar-refractivity contribution in [1.82, 2.24) is 4.98 Å². The van der Waals surface area contributed by atoms with E-state index in [1.54, 1.807) is 26.4 Å². The van der Waals surface area contributed by atoms with Gasteiger partial charge in [-0.15, -0.1) is 0 Å². The molecule has 0 amide bonds. The van der Waals surface area contributed by atoms with Crippen molar-refractivity contribution >= 4 is 23.0 Å². The lowest BCUT2D eigenvalue weighted by Gasteiger charge is -2.20. The van der Waals surface area contributed by atoms with Crippen molar-refractivity contribution in [1.29, 1.82) is 0 Å². The zero-order valence-electron chi connectivity index (χ0n) is 27.7. The Balaban J connectivity index is 1.26. The molecule has 0 aliphatic carbocycles. The molecule has 0 saturated carbocycles. The van der Waals surface area contributed by atoms with E-state index in [0.29, 0.717) is 36.8 Å². The molecule has 5 rings (SSSR count). The fourth-order valence-corrected chi connectivity index (χ4v) is 5.03. The summed E-state index contributed by atoms with van der Waals surface area (Å²) < 4.78 is 29.7. The number of carbonyl (C=O) groups excluding carboxylic acids is 1. The van der Waals surface area contributed by atoms with Crippen LogP contribution in [0.25, 0.3) is 10.8 Å². The van der Waals surface area contributed by atoms with Crippen LogP contribution in [0.1, 0.15) is 40.4 Å². The van der Waals surface area contributed by atoms with E-state index in [0.717, 1.165) is 22.3 Å². The summed E-state index contributed by atoms with van der Waals surface area (Å²) in [5.74, 6) is 0.120. The van der Waals surface area contributed by atoms with Gasteiger partial charge in [-0.25, -0.2) is 4.79 Å². The molecule has 1 heterocycles. The molecule has 0 aliphatic rings. The first-order valence-electron chi connectivity index (χ1n) is 16.0. The number of benzene rings is 4. The van der Waals surface area contributed by atoms with Crippen LogP contribution in [-0.2, 0) is 50.2 Å². The average Bonchev–Trinajstić information content (AvgIpc) is 3.13. The summed E-state index contributed by atoms with van der Waals surface area (Å²) >= 11 is 0. The Labute approximate surface area is 282 Å². The van der Waals surface area contributed by atoms with E-state index in [9.17, 15) is 4.79 Å². The number of methoxy groups -OCH3 is 1. The van der Waals surface area contributed by atoms with Gasteiger partial charge in [0.05, 0.1) is 32.1 Å². The van der Waals surface area contributed by atoms with Crippen LogP contribution in [-0.4, -0.2) is 49.6 Å². The van der Waals surface area contributed by atoms with Crippen LogP contribution in [0, 0.1) is 6.92 Å². The molecule has 0 N–H and O–H groups in total. The van der Waals surface area contributed by atoms with Gasteiger partial charge in [-0.2, -0.15) is 0 Å². The molecule has 0 fully saturated rings. The number of hydrogen-bond donors (Lipinski definition) is 0. The molecule has 0 aliphatic heterocycles. The first kappa shape index (κ1) is 34.4. The quantitative estimate of drug-likeness (QED) is 0.0767. The molecular weight excluding hydrogens is 604 g/mol. The predicted molar refractivity (Wildman–Crippen MR) is 187 cm³/mol. The largest absolute Gasteiger partial charge is 0.488 e. The molecular formula is C40H42N2O6. The van der Waals surface area contributed by atoms with E-state index >= 15 is 0 Å². The molecule has 0 saturated heterocycles. The van der Waals surface area contributed by atoms with Crippen LogP contribution in [0.2, 0.25) is 0 Å². The molecule has 1 aromatic heterocycles. The average molecular weight is 647 g/mol. The molecule has 48 heavy (non-hydrogen) atoms. The van der Waals surface area contributed by atoms with Crippen LogP contribution >= 0.6 is 0 Å². The molecule has 2 atom stereocenters. The van der Waals surface area contributed by atoms with Gasteiger partial charge in [-0.1, -0.05) is 97.1 Å². The number of esters is 1. The number of rotatable bonds is 17. The number of aliphatic imine (C=N–C) groups is 1. The van der Waals surface area contributed by atoms with Gasteiger partial charge < -0.3 is 23.7 Å². The third-order valence-electron chi connectivity index (χ3n) is 7.83. The van der Waals surface area contributed by atoms with Gasteiger partial charge in [0, 0.05) is 30.6 Å². The number of fused-ring (bicyclic) bond motifs is 1. The molecule has 8 heteroatoms. The molecule has 4 aromatic carbocycles. The first-order chi connectivity index (χ1) is 23.5. The maximum absolute atomic E-state index is 12.8. The number of aromatic nitrogens is 1. The molecule has 248 valence electrons. The first-order valence-corrected chi connectivity index (χ1v) is 16.0. The van der Waals surface area contributed by atoms with Crippen LogP contribution in [0.4, 0.5) is 0 Å². The predicted octanol–water partition coefficient (Wildman–Crippen LogP) is 7.42. The Morgan fingerprint density at radius 1 is 0.771 bits per heavy atom. The van der Waals surface area contributed by atoms with Gasteiger partial charge in [0.2, 0.25) is 0 Å². The smallest absolute Gasteiger partial charge is 0.330 e. The maximum Gasteiger partial charge on any atom is 0.330 e. The third kappa shape index (κ3) is 10.1. The summed E-state index contributed by atoms with van der Waals surface area (Å²) in [5, 5.41) is 2.37. The normalized spacial score (nSPS) is 12.6. The van der Waals surface area contributed by atoms with Crippen molar-refractivity contribution < 1.29 is 28.5 Å². The highest BCUT2D eigenvalue weighted by Gasteiger charge is 2.18. The Morgan fingerprint density at radius 3 is 2.17 bits per heavy atom. The van der Waals surface area contributed by atoms with Gasteiger partial charge >= 0.3 is 5.97 Å². The van der Waals surface area contributed by atoms with Crippen molar-refractivity contribution in [2.24, 2.45) is 4.99 Å². The summed E-state index contributed by atoms with van der Waals surface area (Å²) in [7, 11) is 1.64. The second kappa shape index (κ2) is 17.9. The fourth-order valence-electron chi connectivity index (χ4n) is 5.03. The summed E-state index contributed by atoms with van der Waals surface area (Å²) in [6.45, 7) is 5.48. The van der Waals surface area contributed by atoms with Gasteiger partial charge in [-0.05, 0) is 47.4 Å². The standard InChI is InChI=1S/C40H42N2O6/c1-29-39(47-28-37(44-3)27-46-24-33-18-19-34-16-10-11-17-35(34)20-33)38(36(21-41-29)26-45-23-31-12-6-4-7-13-31)22-42-30(2)40(43)48-25-32-14-8-5-9-15-32/h4-22,30,37H,23-28H2,1-3H3/t30-,37-/m0/s1. The SMILES string of the molecule is CO[C@@H](COCc1ccc2ccccc2c1)COc1c(C)ncc(COCc2ccccc2)c1C=N[C@@H](C)C(=O)OCc1ccccc1. The summed E-state index contributed by atoms with van der Waals surface area (Å²) in [4.78, 5) is 21.9. The number of nitrogens with zero attached hydrogens (tertiary/aromatic N) is 2. The molecule has 8 nitrogen and oxygen atoms in total. The van der Waals surface area contributed by atoms with Crippen LogP contribution in [0.3, 0.4) is 0 Å². The molecule has 5 aromatic rings. The summed E-state index contributed by atoms with van der Waals surface area (Å²) in [5.41, 5.74) is 5.20. The minimum Gasteiger partial charge on any atom is -0.488 e. The summed E-state index contributed by atoms with van der Waals surface area (Å²) in [6.07, 6.45) is 3.07. The molecule has 0 spiro atoms. The second-order valence-electron chi connectivity index (χ2n) is 11.5. The minimum atomic E-state index is -0.733. The van der Waals surface area contributed by atoms with E-state index in [-0.39, 0.29) is 25.9 Å². The van der Waals surface area contributed by atoms with E-state index < -0.39 is 12.0 Å². The van der Waals surface area contributed by atoms with Crippen molar-refractivity contribution in [2.75, 3.05) is 20.3 Å². The van der Waals surface area contributed by atoms with E-state index in [1.807, 2.05) is 79.7 Å². The van der Waals surface area contributed by atoms with Gasteiger partial charge in [0.15, 0.2) is 0 Å². The van der Waals surface area contributed by atoms with E-state index in [1.165, 1.54) is 10.8 Å². The Bertz CT molecular complexity index is 1780. The lowest BCUT2D eigenvalue weighted by atomic mass is 10.1. The van der Waals surface area contributed by atoms with Gasteiger partial charge in [0.1, 0.15) is 31.1 Å². The molecule has 0 radical (unpaired) electrons. The lowest BCUT2D eigenvalue weighted by Crippen LogP contribution is -2.26. The highest BCUT2D eigenvalue weighted by Crippen LogP contribution is 2.26. The van der Waals surface area contributed by atoms with E-state index in [4.69, 9.17) is 23.7 Å². The fraction of sp³-hybridized carbons (Fsp3) is 0.275. The number of carbonyl (C=O) groups is 1. The van der Waals surface area contributed by atoms with Crippen molar-refractivity contribution in [3.8, 4) is 5.75 Å². The van der Waals surface area contributed by atoms with Crippen LogP contribution < -0.4 is 4.74 Å². The molecule has 0 unspecified atom stereocenters.